The Kier molecular flexibility index (Phi) is 5.82. The average Bonchev–Trinajstić information content (AvgIpc) is 2.51. The van der Waals surface area contributed by atoms with E-state index in [1.807, 2.05) is 6.92 Å². The first-order valence-corrected chi connectivity index (χ1v) is 8.13. The minimum atomic E-state index is -1.67. The molecular weight excluding hydrogens is 349 g/mol. The fraction of sp³-hybridized carbons (Fsp3) is 0.231. The SMILES string of the molecule is CCOc1cnc(NS(=O)c2cccc(Cl)c2Cl)c(OC)n1. The number of hydrogen-bond acceptors (Lipinski definition) is 5. The Morgan fingerprint density at radius 3 is 2.82 bits per heavy atom. The molecule has 0 aliphatic carbocycles. The maximum Gasteiger partial charge on any atom is 0.261 e. The van der Waals surface area contributed by atoms with Gasteiger partial charge in [0.2, 0.25) is 11.7 Å². The number of aromatic nitrogens is 2. The number of rotatable bonds is 6. The third kappa shape index (κ3) is 3.79. The Bertz CT molecular complexity index is 700. The lowest BCUT2D eigenvalue weighted by atomic mass is 10.4. The van der Waals surface area contributed by atoms with Crippen LogP contribution < -0.4 is 14.2 Å². The highest BCUT2D eigenvalue weighted by Crippen LogP contribution is 2.29. The zero-order chi connectivity index (χ0) is 16.1. The van der Waals surface area contributed by atoms with Gasteiger partial charge in [-0.05, 0) is 19.1 Å². The van der Waals surface area contributed by atoms with Crippen LogP contribution in [0.25, 0.3) is 0 Å². The quantitative estimate of drug-likeness (QED) is 0.853. The lowest BCUT2D eigenvalue weighted by molar-refractivity contribution is 0.314. The van der Waals surface area contributed by atoms with Crippen LogP contribution in [-0.2, 0) is 11.0 Å². The highest BCUT2D eigenvalue weighted by molar-refractivity contribution is 7.86. The molecule has 22 heavy (non-hydrogen) atoms. The van der Waals surface area contributed by atoms with Crippen molar-refractivity contribution in [3.05, 3.63) is 34.4 Å². The molecule has 1 aromatic carbocycles. The monoisotopic (exact) mass is 361 g/mol. The molecule has 1 N–H and O–H groups in total. The highest BCUT2D eigenvalue weighted by Gasteiger charge is 2.16. The Balaban J connectivity index is 2.26. The lowest BCUT2D eigenvalue weighted by Crippen LogP contribution is -2.09. The molecule has 9 heteroatoms. The minimum absolute atomic E-state index is 0.164. The normalized spacial score (nSPS) is 11.8. The van der Waals surface area contributed by atoms with Crippen LogP contribution in [0.15, 0.2) is 29.3 Å². The van der Waals surface area contributed by atoms with E-state index in [-0.39, 0.29) is 16.7 Å². The van der Waals surface area contributed by atoms with Gasteiger partial charge in [-0.3, -0.25) is 4.72 Å². The minimum Gasteiger partial charge on any atom is -0.478 e. The highest BCUT2D eigenvalue weighted by atomic mass is 35.5. The zero-order valence-corrected chi connectivity index (χ0v) is 14.1. The zero-order valence-electron chi connectivity index (χ0n) is 11.8. The number of benzene rings is 1. The Morgan fingerprint density at radius 1 is 1.36 bits per heavy atom. The molecule has 0 saturated heterocycles. The van der Waals surface area contributed by atoms with Crippen LogP contribution in [-0.4, -0.2) is 27.9 Å². The first-order valence-electron chi connectivity index (χ1n) is 6.23. The van der Waals surface area contributed by atoms with Crippen molar-refractivity contribution in [3.63, 3.8) is 0 Å². The van der Waals surface area contributed by atoms with Gasteiger partial charge in [0.05, 0.1) is 34.9 Å². The fourth-order valence-electron chi connectivity index (χ4n) is 1.56. The molecule has 1 unspecified atom stereocenters. The summed E-state index contributed by atoms with van der Waals surface area (Å²) in [6.45, 7) is 2.28. The lowest BCUT2D eigenvalue weighted by Gasteiger charge is -2.11. The van der Waals surface area contributed by atoms with Crippen LogP contribution in [0, 0.1) is 0 Å². The number of ether oxygens (including phenoxy) is 2. The average molecular weight is 362 g/mol. The summed E-state index contributed by atoms with van der Waals surface area (Å²) in [5, 5.41) is 0.534. The van der Waals surface area contributed by atoms with Crippen molar-refractivity contribution in [1.29, 1.82) is 0 Å². The molecule has 6 nitrogen and oxygen atoms in total. The number of anilines is 1. The Labute approximate surface area is 140 Å². The predicted molar refractivity (Wildman–Crippen MR) is 86.2 cm³/mol. The number of methoxy groups -OCH3 is 1. The standard InChI is InChI=1S/C13H13Cl2N3O3S/c1-3-21-10-7-16-12(13(17-10)20-2)18-22(19)9-6-4-5-8(14)11(9)15/h4-7H,3H2,1-2H3,(H,16,18). The molecule has 1 atom stereocenters. The van der Waals surface area contributed by atoms with Crippen LogP contribution in [0.4, 0.5) is 5.82 Å². The van der Waals surface area contributed by atoms with E-state index in [1.165, 1.54) is 13.3 Å². The Morgan fingerprint density at radius 2 is 2.14 bits per heavy atom. The van der Waals surface area contributed by atoms with Gasteiger partial charge < -0.3 is 9.47 Å². The largest absolute Gasteiger partial charge is 0.478 e. The van der Waals surface area contributed by atoms with Crippen molar-refractivity contribution in [2.24, 2.45) is 0 Å². The summed E-state index contributed by atoms with van der Waals surface area (Å²) in [5.74, 6) is 0.689. The van der Waals surface area contributed by atoms with Gasteiger partial charge >= 0.3 is 0 Å². The van der Waals surface area contributed by atoms with Crippen molar-refractivity contribution in [3.8, 4) is 11.8 Å². The van der Waals surface area contributed by atoms with Gasteiger partial charge in [0.25, 0.3) is 5.88 Å². The van der Waals surface area contributed by atoms with Gasteiger partial charge in [-0.1, -0.05) is 29.3 Å². The van der Waals surface area contributed by atoms with Gasteiger partial charge in [-0.25, -0.2) is 9.19 Å². The number of halogens is 2. The summed E-state index contributed by atoms with van der Waals surface area (Å²) in [4.78, 5) is 8.54. The molecule has 1 heterocycles. The number of nitrogens with one attached hydrogen (secondary N) is 1. The third-order valence-corrected chi connectivity index (χ3v) is 4.56. The van der Waals surface area contributed by atoms with Crippen LogP contribution in [0.2, 0.25) is 10.0 Å². The van der Waals surface area contributed by atoms with E-state index in [1.54, 1.807) is 18.2 Å². The molecule has 0 spiro atoms. The van der Waals surface area contributed by atoms with E-state index in [0.29, 0.717) is 22.4 Å². The van der Waals surface area contributed by atoms with E-state index in [2.05, 4.69) is 14.7 Å². The molecule has 0 aliphatic heterocycles. The van der Waals surface area contributed by atoms with E-state index in [0.717, 1.165) is 0 Å². The summed E-state index contributed by atoms with van der Waals surface area (Å²) in [5.41, 5.74) is 0. The van der Waals surface area contributed by atoms with Crippen molar-refractivity contribution in [2.75, 3.05) is 18.4 Å². The molecule has 2 aromatic rings. The summed E-state index contributed by atoms with van der Waals surface area (Å²) < 4.78 is 25.4. The molecule has 0 aliphatic rings. The van der Waals surface area contributed by atoms with Crippen LogP contribution in [0.3, 0.4) is 0 Å². The number of nitrogens with zero attached hydrogens (tertiary/aromatic N) is 2. The summed E-state index contributed by atoms with van der Waals surface area (Å²) >= 11 is 12.0. The third-order valence-electron chi connectivity index (χ3n) is 2.51. The summed E-state index contributed by atoms with van der Waals surface area (Å²) in [7, 11) is -0.237. The molecule has 118 valence electrons. The van der Waals surface area contributed by atoms with E-state index < -0.39 is 11.0 Å². The van der Waals surface area contributed by atoms with Crippen LogP contribution >= 0.6 is 23.2 Å². The van der Waals surface area contributed by atoms with E-state index in [9.17, 15) is 4.21 Å². The maximum atomic E-state index is 12.4. The van der Waals surface area contributed by atoms with Gasteiger partial charge in [0.15, 0.2) is 11.0 Å². The fourth-order valence-corrected chi connectivity index (χ4v) is 3.02. The molecule has 2 rings (SSSR count). The smallest absolute Gasteiger partial charge is 0.261 e. The Hall–Kier alpha value is -1.57. The molecule has 0 fully saturated rings. The van der Waals surface area contributed by atoms with Crippen molar-refractivity contribution in [2.45, 2.75) is 11.8 Å². The first-order chi connectivity index (χ1) is 10.6. The topological polar surface area (TPSA) is 73.3 Å². The maximum absolute atomic E-state index is 12.4. The van der Waals surface area contributed by atoms with Crippen LogP contribution in [0.1, 0.15) is 6.92 Å². The van der Waals surface area contributed by atoms with E-state index >= 15 is 0 Å². The summed E-state index contributed by atoms with van der Waals surface area (Å²) in [6, 6.07) is 4.87. The predicted octanol–water partition coefficient (Wildman–Crippen LogP) is 3.33. The molecule has 0 radical (unpaired) electrons. The van der Waals surface area contributed by atoms with Gasteiger partial charge in [0, 0.05) is 0 Å². The first kappa shape index (κ1) is 16.8. The molecule has 0 amide bonds. The second kappa shape index (κ2) is 7.62. The number of hydrogen-bond donors (Lipinski definition) is 1. The molecule has 0 bridgehead atoms. The van der Waals surface area contributed by atoms with Gasteiger partial charge in [0.1, 0.15) is 0 Å². The molecule has 1 aromatic heterocycles. The second-order valence-electron chi connectivity index (χ2n) is 3.92. The second-order valence-corrected chi connectivity index (χ2v) is 5.89. The van der Waals surface area contributed by atoms with Gasteiger partial charge in [-0.2, -0.15) is 4.98 Å². The summed E-state index contributed by atoms with van der Waals surface area (Å²) in [6.07, 6.45) is 1.41. The van der Waals surface area contributed by atoms with Crippen molar-refractivity contribution < 1.29 is 13.7 Å². The van der Waals surface area contributed by atoms with E-state index in [4.69, 9.17) is 32.7 Å². The molecule has 0 saturated carbocycles. The van der Waals surface area contributed by atoms with Crippen molar-refractivity contribution in [1.82, 2.24) is 9.97 Å². The molecular formula is C13H13Cl2N3O3S. The van der Waals surface area contributed by atoms with Crippen LogP contribution in [0.5, 0.6) is 11.8 Å². The van der Waals surface area contributed by atoms with Crippen molar-refractivity contribution >= 4 is 40.0 Å². The van der Waals surface area contributed by atoms with Gasteiger partial charge in [-0.15, -0.1) is 0 Å².